The second-order valence-corrected chi connectivity index (χ2v) is 10.5. The van der Waals surface area contributed by atoms with Gasteiger partial charge in [-0.2, -0.15) is 0 Å². The van der Waals surface area contributed by atoms with Gasteiger partial charge in [0.15, 0.2) is 0 Å². The van der Waals surface area contributed by atoms with Crippen LogP contribution in [-0.2, 0) is 20.0 Å². The minimum absolute atomic E-state index is 0.209. The molecule has 3 rings (SSSR count). The van der Waals surface area contributed by atoms with Crippen molar-refractivity contribution in [2.45, 2.75) is 9.79 Å². The SMILES string of the molecule is CN1CCN(c2cc(N3CCN(C)CC3)c(S(N)(=O)=O)cc2S(N)(=O)=O)CC1. The van der Waals surface area contributed by atoms with E-state index in [0.29, 0.717) is 37.6 Å². The second kappa shape index (κ2) is 7.76. The van der Waals surface area contributed by atoms with Crippen LogP contribution in [0, 0.1) is 0 Å². The number of hydrogen-bond acceptors (Lipinski definition) is 8. The predicted molar refractivity (Wildman–Crippen MR) is 109 cm³/mol. The highest BCUT2D eigenvalue weighted by Crippen LogP contribution is 2.36. The van der Waals surface area contributed by atoms with Crippen molar-refractivity contribution in [2.24, 2.45) is 10.3 Å². The van der Waals surface area contributed by atoms with Crippen molar-refractivity contribution in [1.82, 2.24) is 9.80 Å². The summed E-state index contributed by atoms with van der Waals surface area (Å²) >= 11 is 0. The minimum atomic E-state index is -4.14. The van der Waals surface area contributed by atoms with Gasteiger partial charge in [0.1, 0.15) is 9.79 Å². The maximum atomic E-state index is 12.3. The predicted octanol–water partition coefficient (Wildman–Crippen LogP) is -1.51. The Morgan fingerprint density at radius 2 is 0.964 bits per heavy atom. The standard InChI is InChI=1S/C16H28N6O4S2/c1-19-3-7-21(8-4-19)13-11-14(22-9-5-20(2)6-10-22)16(28(18,25)26)12-15(13)27(17,23)24/h11-12H,3-10H2,1-2H3,(H2,17,23,24)(H2,18,25,26). The lowest BCUT2D eigenvalue weighted by atomic mass is 10.2. The molecule has 2 aliphatic heterocycles. The van der Waals surface area contributed by atoms with E-state index in [1.54, 1.807) is 6.07 Å². The van der Waals surface area contributed by atoms with E-state index in [2.05, 4.69) is 9.80 Å². The van der Waals surface area contributed by atoms with Crippen molar-refractivity contribution in [1.29, 1.82) is 0 Å². The Bertz CT molecular complexity index is 861. The van der Waals surface area contributed by atoms with Gasteiger partial charge >= 0.3 is 0 Å². The first-order valence-corrected chi connectivity index (χ1v) is 12.2. The summed E-state index contributed by atoms with van der Waals surface area (Å²) in [5, 5.41) is 10.9. The van der Waals surface area contributed by atoms with Crippen LogP contribution < -0.4 is 20.1 Å². The average Bonchev–Trinajstić information content (AvgIpc) is 2.60. The summed E-state index contributed by atoms with van der Waals surface area (Å²) in [5.74, 6) is 0. The molecule has 0 amide bonds. The molecule has 0 atom stereocenters. The van der Waals surface area contributed by atoms with Gasteiger partial charge in [-0.05, 0) is 26.2 Å². The molecule has 2 aliphatic rings. The summed E-state index contributed by atoms with van der Waals surface area (Å²) in [6.07, 6.45) is 0. The van der Waals surface area contributed by atoms with E-state index in [1.165, 1.54) is 0 Å². The number of hydrogen-bond donors (Lipinski definition) is 2. The molecule has 4 N–H and O–H groups in total. The molecule has 0 saturated carbocycles. The molecule has 12 heteroatoms. The van der Waals surface area contributed by atoms with Gasteiger partial charge in [-0.25, -0.2) is 27.1 Å². The third-order valence-electron chi connectivity index (χ3n) is 5.34. The number of anilines is 2. The fourth-order valence-electron chi connectivity index (χ4n) is 3.58. The highest BCUT2D eigenvalue weighted by atomic mass is 32.2. The zero-order valence-electron chi connectivity index (χ0n) is 16.2. The van der Waals surface area contributed by atoms with Gasteiger partial charge in [0, 0.05) is 52.4 Å². The largest absolute Gasteiger partial charge is 0.368 e. The van der Waals surface area contributed by atoms with Crippen molar-refractivity contribution >= 4 is 31.4 Å². The normalized spacial score (nSPS) is 20.6. The molecular weight excluding hydrogens is 404 g/mol. The molecule has 0 spiro atoms. The molecule has 1 aromatic carbocycles. The van der Waals surface area contributed by atoms with E-state index in [1.807, 2.05) is 23.9 Å². The summed E-state index contributed by atoms with van der Waals surface area (Å²) in [5.41, 5.74) is 0.855. The van der Waals surface area contributed by atoms with Crippen LogP contribution in [0.5, 0.6) is 0 Å². The molecule has 158 valence electrons. The first-order valence-electron chi connectivity index (χ1n) is 9.07. The van der Waals surface area contributed by atoms with E-state index in [9.17, 15) is 16.8 Å². The third-order valence-corrected chi connectivity index (χ3v) is 7.22. The van der Waals surface area contributed by atoms with E-state index in [0.717, 1.165) is 32.2 Å². The smallest absolute Gasteiger partial charge is 0.240 e. The maximum absolute atomic E-state index is 12.3. The zero-order valence-corrected chi connectivity index (χ0v) is 17.8. The monoisotopic (exact) mass is 432 g/mol. The maximum Gasteiger partial charge on any atom is 0.240 e. The van der Waals surface area contributed by atoms with Crippen LogP contribution in [0.1, 0.15) is 0 Å². The molecule has 28 heavy (non-hydrogen) atoms. The van der Waals surface area contributed by atoms with Crippen LogP contribution in [0.4, 0.5) is 11.4 Å². The Kier molecular flexibility index (Phi) is 5.90. The Hall–Kier alpha value is -1.44. The molecule has 0 bridgehead atoms. The number of nitrogens with two attached hydrogens (primary N) is 2. The van der Waals surface area contributed by atoms with Gasteiger partial charge in [0.25, 0.3) is 0 Å². The zero-order chi connectivity index (χ0) is 20.7. The Labute approximate surface area is 166 Å². The fourth-order valence-corrected chi connectivity index (χ4v) is 5.18. The Balaban J connectivity index is 2.16. The summed E-state index contributed by atoms with van der Waals surface area (Å²) < 4.78 is 49.0. The van der Waals surface area contributed by atoms with E-state index < -0.39 is 20.0 Å². The van der Waals surface area contributed by atoms with Crippen LogP contribution in [0.3, 0.4) is 0 Å². The lowest BCUT2D eigenvalue weighted by Crippen LogP contribution is -2.46. The molecule has 1 aromatic rings. The number of nitrogens with zero attached hydrogens (tertiary/aromatic N) is 4. The average molecular weight is 433 g/mol. The molecule has 2 heterocycles. The molecule has 0 radical (unpaired) electrons. The van der Waals surface area contributed by atoms with Crippen molar-refractivity contribution in [3.05, 3.63) is 12.1 Å². The van der Waals surface area contributed by atoms with Crippen molar-refractivity contribution in [3.63, 3.8) is 0 Å². The van der Waals surface area contributed by atoms with Crippen molar-refractivity contribution < 1.29 is 16.8 Å². The Morgan fingerprint density at radius 3 is 1.25 bits per heavy atom. The number of benzene rings is 1. The highest BCUT2D eigenvalue weighted by Gasteiger charge is 2.29. The molecule has 0 aromatic heterocycles. The van der Waals surface area contributed by atoms with E-state index >= 15 is 0 Å². The van der Waals surface area contributed by atoms with Gasteiger partial charge in [-0.15, -0.1) is 0 Å². The first kappa shape index (κ1) is 21.3. The van der Waals surface area contributed by atoms with Gasteiger partial charge in [-0.1, -0.05) is 0 Å². The fraction of sp³-hybridized carbons (Fsp3) is 0.625. The Morgan fingerprint density at radius 1 is 0.643 bits per heavy atom. The topological polar surface area (TPSA) is 133 Å². The molecule has 2 saturated heterocycles. The highest BCUT2D eigenvalue weighted by molar-refractivity contribution is 7.90. The summed E-state index contributed by atoms with van der Waals surface area (Å²) in [6, 6.07) is 2.74. The number of primary sulfonamides is 2. The number of likely N-dealkylation sites (N-methyl/N-ethyl adjacent to an activating group) is 2. The molecule has 0 aliphatic carbocycles. The first-order chi connectivity index (χ1) is 13.0. The number of piperazine rings is 2. The quantitative estimate of drug-likeness (QED) is 0.586. The van der Waals surface area contributed by atoms with Gasteiger partial charge in [0.2, 0.25) is 20.0 Å². The third kappa shape index (κ3) is 4.58. The number of sulfonamides is 2. The lowest BCUT2D eigenvalue weighted by molar-refractivity contribution is 0.311. The number of rotatable bonds is 4. The van der Waals surface area contributed by atoms with Crippen molar-refractivity contribution in [3.8, 4) is 0 Å². The summed E-state index contributed by atoms with van der Waals surface area (Å²) in [6.45, 7) is 5.56. The molecule has 0 unspecified atom stereocenters. The van der Waals surface area contributed by atoms with Crippen LogP contribution in [0.25, 0.3) is 0 Å². The van der Waals surface area contributed by atoms with E-state index in [4.69, 9.17) is 10.3 Å². The van der Waals surface area contributed by atoms with Crippen LogP contribution >= 0.6 is 0 Å². The minimum Gasteiger partial charge on any atom is -0.368 e. The van der Waals surface area contributed by atoms with Gasteiger partial charge in [0.05, 0.1) is 11.4 Å². The molecule has 2 fully saturated rings. The van der Waals surface area contributed by atoms with Crippen LogP contribution in [0.2, 0.25) is 0 Å². The lowest BCUT2D eigenvalue weighted by Gasteiger charge is -2.38. The molecule has 10 nitrogen and oxygen atoms in total. The van der Waals surface area contributed by atoms with Crippen LogP contribution in [-0.4, -0.2) is 93.1 Å². The van der Waals surface area contributed by atoms with E-state index in [-0.39, 0.29) is 9.79 Å². The second-order valence-electron chi connectivity index (χ2n) is 7.46. The van der Waals surface area contributed by atoms with Crippen molar-refractivity contribution in [2.75, 3.05) is 76.3 Å². The molecular formula is C16H28N6O4S2. The van der Waals surface area contributed by atoms with Gasteiger partial charge < -0.3 is 19.6 Å². The van der Waals surface area contributed by atoms with Gasteiger partial charge in [-0.3, -0.25) is 0 Å². The van der Waals surface area contributed by atoms with Crippen LogP contribution in [0.15, 0.2) is 21.9 Å². The summed E-state index contributed by atoms with van der Waals surface area (Å²) in [4.78, 5) is 7.75. The summed E-state index contributed by atoms with van der Waals surface area (Å²) in [7, 11) is -4.28.